The van der Waals surface area contributed by atoms with Crippen LogP contribution in [0.4, 0.5) is 10.1 Å². The van der Waals surface area contributed by atoms with Gasteiger partial charge in [-0.3, -0.25) is 14.2 Å². The number of hydrogen-bond acceptors (Lipinski definition) is 5. The lowest BCUT2D eigenvalue weighted by atomic mass is 10.1. The molecule has 2 aromatic carbocycles. The molecule has 3 aromatic rings. The van der Waals surface area contributed by atoms with Gasteiger partial charge in [0.2, 0.25) is 5.91 Å². The van der Waals surface area contributed by atoms with E-state index < -0.39 is 5.82 Å². The van der Waals surface area contributed by atoms with Crippen LogP contribution in [-0.4, -0.2) is 26.5 Å². The third kappa shape index (κ3) is 4.85. The van der Waals surface area contributed by atoms with Crippen molar-refractivity contribution in [2.75, 3.05) is 11.1 Å². The lowest BCUT2D eigenvalue weighted by Gasteiger charge is -2.15. The van der Waals surface area contributed by atoms with Crippen LogP contribution in [0, 0.1) is 19.7 Å². The van der Waals surface area contributed by atoms with Crippen molar-refractivity contribution < 1.29 is 9.18 Å². The summed E-state index contributed by atoms with van der Waals surface area (Å²) in [4.78, 5) is 31.3. The van der Waals surface area contributed by atoms with Crippen LogP contribution >= 0.6 is 23.5 Å². The summed E-state index contributed by atoms with van der Waals surface area (Å²) in [6.45, 7) is 6.04. The van der Waals surface area contributed by atoms with Gasteiger partial charge in [0.1, 0.15) is 5.82 Å². The molecule has 1 N–H and O–H groups in total. The minimum absolute atomic E-state index is 0.0508. The van der Waals surface area contributed by atoms with Crippen LogP contribution in [0.25, 0.3) is 5.69 Å². The Labute approximate surface area is 188 Å². The monoisotopic (exact) mass is 455 g/mol. The number of nitrogens with one attached hydrogen (secondary N) is 1. The van der Waals surface area contributed by atoms with Gasteiger partial charge in [-0.2, -0.15) is 0 Å². The molecule has 5 nitrogen and oxygen atoms in total. The highest BCUT2D eigenvalue weighted by Gasteiger charge is 2.27. The van der Waals surface area contributed by atoms with E-state index >= 15 is 0 Å². The number of carbonyl (C=O) groups excluding carboxylic acids is 1. The maximum Gasteiger partial charge on any atom is 0.272 e. The molecule has 1 amide bonds. The van der Waals surface area contributed by atoms with E-state index in [4.69, 9.17) is 4.98 Å². The Morgan fingerprint density at radius 3 is 2.71 bits per heavy atom. The summed E-state index contributed by atoms with van der Waals surface area (Å²) < 4.78 is 15.0. The summed E-state index contributed by atoms with van der Waals surface area (Å²) in [6.07, 6.45) is 0.728. The lowest BCUT2D eigenvalue weighted by Crippen LogP contribution is -2.25. The second-order valence-electron chi connectivity index (χ2n) is 7.64. The molecule has 31 heavy (non-hydrogen) atoms. The molecule has 1 aliphatic heterocycles. The number of benzene rings is 2. The Kier molecular flexibility index (Phi) is 6.20. The number of aryl methyl sites for hydroxylation is 2. The summed E-state index contributed by atoms with van der Waals surface area (Å²) >= 11 is 2.75. The number of nitrogens with zero attached hydrogens (tertiary/aromatic N) is 2. The highest BCUT2D eigenvalue weighted by molar-refractivity contribution is 8.00. The molecule has 0 aliphatic carbocycles. The van der Waals surface area contributed by atoms with Crippen molar-refractivity contribution in [3.05, 3.63) is 75.5 Å². The van der Waals surface area contributed by atoms with Gasteiger partial charge in [0, 0.05) is 17.4 Å². The van der Waals surface area contributed by atoms with Crippen molar-refractivity contribution in [3.8, 4) is 5.69 Å². The fourth-order valence-electron chi connectivity index (χ4n) is 3.60. The second kappa shape index (κ2) is 8.88. The Morgan fingerprint density at radius 1 is 1.26 bits per heavy atom. The quantitative estimate of drug-likeness (QED) is 0.444. The molecule has 0 saturated heterocycles. The molecule has 1 atom stereocenters. The van der Waals surface area contributed by atoms with Crippen molar-refractivity contribution in [1.82, 2.24) is 9.55 Å². The van der Waals surface area contributed by atoms with E-state index in [0.717, 1.165) is 28.9 Å². The van der Waals surface area contributed by atoms with Crippen LogP contribution in [-0.2, 0) is 11.2 Å². The first-order valence-corrected chi connectivity index (χ1v) is 11.8. The van der Waals surface area contributed by atoms with Gasteiger partial charge in [-0.25, -0.2) is 9.37 Å². The van der Waals surface area contributed by atoms with Gasteiger partial charge in [-0.05, 0) is 55.3 Å². The van der Waals surface area contributed by atoms with E-state index in [0.29, 0.717) is 21.0 Å². The van der Waals surface area contributed by atoms with Crippen LogP contribution in [0.1, 0.15) is 23.7 Å². The average molecular weight is 456 g/mol. The SMILES string of the molecule is Cc1cc(C)cc(-n2c(SCC(=O)Nc3cccc(F)c3)nc3c(c2=O)S[C@@H](C)C3)c1. The average Bonchev–Trinajstić information content (AvgIpc) is 3.06. The minimum atomic E-state index is -0.416. The van der Waals surface area contributed by atoms with Gasteiger partial charge >= 0.3 is 0 Å². The van der Waals surface area contributed by atoms with Gasteiger partial charge in [0.15, 0.2) is 5.16 Å². The van der Waals surface area contributed by atoms with Crippen LogP contribution in [0.15, 0.2) is 57.3 Å². The molecule has 4 rings (SSSR count). The number of fused-ring (bicyclic) bond motifs is 1. The molecule has 160 valence electrons. The van der Waals surface area contributed by atoms with Crippen LogP contribution < -0.4 is 10.9 Å². The zero-order chi connectivity index (χ0) is 22.1. The van der Waals surface area contributed by atoms with Crippen molar-refractivity contribution in [3.63, 3.8) is 0 Å². The topological polar surface area (TPSA) is 64.0 Å². The predicted octanol–water partition coefficient (Wildman–Crippen LogP) is 4.76. The largest absolute Gasteiger partial charge is 0.325 e. The van der Waals surface area contributed by atoms with E-state index in [1.54, 1.807) is 22.4 Å². The first-order chi connectivity index (χ1) is 14.8. The molecule has 1 aromatic heterocycles. The molecule has 0 bridgehead atoms. The van der Waals surface area contributed by atoms with Gasteiger partial charge in [-0.1, -0.05) is 30.8 Å². The molecule has 0 fully saturated rings. The summed E-state index contributed by atoms with van der Waals surface area (Å²) in [5.41, 5.74) is 3.91. The number of hydrogen-bond donors (Lipinski definition) is 1. The molecule has 1 aliphatic rings. The zero-order valence-electron chi connectivity index (χ0n) is 17.4. The molecule has 0 spiro atoms. The fraction of sp³-hybridized carbons (Fsp3) is 0.261. The molecule has 2 heterocycles. The number of halogens is 1. The van der Waals surface area contributed by atoms with Crippen LogP contribution in [0.2, 0.25) is 0 Å². The fourth-order valence-corrected chi connectivity index (χ4v) is 5.52. The maximum atomic E-state index is 13.4. The molecule has 8 heteroatoms. The number of rotatable bonds is 5. The zero-order valence-corrected chi connectivity index (χ0v) is 19.1. The lowest BCUT2D eigenvalue weighted by molar-refractivity contribution is -0.113. The van der Waals surface area contributed by atoms with Gasteiger partial charge < -0.3 is 5.32 Å². The van der Waals surface area contributed by atoms with E-state index in [9.17, 15) is 14.0 Å². The van der Waals surface area contributed by atoms with Crippen molar-refractivity contribution in [2.45, 2.75) is 42.5 Å². The second-order valence-corrected chi connectivity index (χ2v) is 10.0. The summed E-state index contributed by atoms with van der Waals surface area (Å²) in [6, 6.07) is 11.7. The highest BCUT2D eigenvalue weighted by Crippen LogP contribution is 2.35. The van der Waals surface area contributed by atoms with Crippen LogP contribution in [0.3, 0.4) is 0 Å². The number of carbonyl (C=O) groups is 1. The third-order valence-corrected chi connectivity index (χ3v) is 6.94. The van der Waals surface area contributed by atoms with E-state index in [2.05, 4.69) is 12.2 Å². The molecule has 0 radical (unpaired) electrons. The Morgan fingerprint density at radius 2 is 2.00 bits per heavy atom. The van der Waals surface area contributed by atoms with Gasteiger partial charge in [0.25, 0.3) is 5.56 Å². The number of thioether (sulfide) groups is 2. The van der Waals surface area contributed by atoms with E-state index in [1.165, 1.54) is 30.0 Å². The number of anilines is 1. The summed E-state index contributed by atoms with van der Waals surface area (Å²) in [5, 5.41) is 3.46. The minimum Gasteiger partial charge on any atom is -0.325 e. The van der Waals surface area contributed by atoms with Crippen molar-refractivity contribution >= 4 is 35.1 Å². The summed E-state index contributed by atoms with van der Waals surface area (Å²) in [5.74, 6) is -0.657. The normalized spacial score (nSPS) is 15.0. The van der Waals surface area contributed by atoms with E-state index in [1.807, 2.05) is 32.0 Å². The molecular formula is C23H22FN3O2S2. The Balaban J connectivity index is 1.66. The number of amides is 1. The Hall–Kier alpha value is -2.58. The van der Waals surface area contributed by atoms with Crippen molar-refractivity contribution in [1.29, 1.82) is 0 Å². The van der Waals surface area contributed by atoms with Gasteiger partial charge in [0.05, 0.1) is 22.0 Å². The Bertz CT molecular complexity index is 1210. The van der Waals surface area contributed by atoms with E-state index in [-0.39, 0.29) is 17.2 Å². The predicted molar refractivity (Wildman–Crippen MR) is 124 cm³/mol. The molecule has 0 unspecified atom stereocenters. The molecular weight excluding hydrogens is 433 g/mol. The molecule has 0 saturated carbocycles. The van der Waals surface area contributed by atoms with Gasteiger partial charge in [-0.15, -0.1) is 11.8 Å². The first-order valence-electron chi connectivity index (χ1n) is 9.89. The highest BCUT2D eigenvalue weighted by atomic mass is 32.2. The maximum absolute atomic E-state index is 13.4. The smallest absolute Gasteiger partial charge is 0.272 e. The first kappa shape index (κ1) is 21.6. The van der Waals surface area contributed by atoms with Crippen LogP contribution in [0.5, 0.6) is 0 Å². The summed E-state index contributed by atoms with van der Waals surface area (Å²) in [7, 11) is 0. The number of aromatic nitrogens is 2. The standard InChI is InChI=1S/C23H22FN3O2S2/c1-13-7-14(2)9-18(8-13)27-22(29)21-19(10-15(3)31-21)26-23(27)30-12-20(28)25-17-6-4-5-16(24)11-17/h4-9,11,15H,10,12H2,1-3H3,(H,25,28)/t15-/m0/s1. The third-order valence-electron chi connectivity index (χ3n) is 4.79. The van der Waals surface area contributed by atoms with Crippen molar-refractivity contribution in [2.24, 2.45) is 0 Å².